The van der Waals surface area contributed by atoms with Crippen LogP contribution in [0.1, 0.15) is 6.92 Å². The molecule has 7 N–H and O–H groups in total. The molecule has 23 heavy (non-hydrogen) atoms. The van der Waals surface area contributed by atoms with Crippen LogP contribution in [0.5, 0.6) is 0 Å². The van der Waals surface area contributed by atoms with Gasteiger partial charge in [-0.2, -0.15) is 0 Å². The van der Waals surface area contributed by atoms with Crippen LogP contribution in [-0.4, -0.2) is 103 Å². The van der Waals surface area contributed by atoms with E-state index in [0.717, 1.165) is 11.8 Å². The highest BCUT2D eigenvalue weighted by atomic mass is 32.2. The molecule has 0 aromatic heterocycles. The maximum Gasteiger partial charge on any atom is 0.134 e. The number of ether oxygens (including phenoxy) is 2. The average molecular weight is 356 g/mol. The lowest BCUT2D eigenvalue weighted by Crippen LogP contribution is -2.59. The smallest absolute Gasteiger partial charge is 0.134 e. The first-order valence-electron chi connectivity index (χ1n) is 7.40. The summed E-state index contributed by atoms with van der Waals surface area (Å²) in [5.41, 5.74) is -1.99. The highest BCUT2D eigenvalue weighted by Gasteiger charge is 2.48. The molecule has 2 heterocycles. The second-order valence-corrected chi connectivity index (χ2v) is 7.10. The van der Waals surface area contributed by atoms with Gasteiger partial charge in [-0.25, -0.2) is 0 Å². The molecule has 0 aliphatic carbocycles. The normalized spacial score (nSPS) is 51.7. The zero-order valence-corrected chi connectivity index (χ0v) is 13.4. The third-order valence-electron chi connectivity index (χ3n) is 4.34. The van der Waals surface area contributed by atoms with Crippen LogP contribution >= 0.6 is 11.8 Å². The lowest BCUT2D eigenvalue weighted by atomic mass is 9.92. The van der Waals surface area contributed by atoms with Crippen molar-refractivity contribution in [2.75, 3.05) is 13.2 Å². The fraction of sp³-hybridized carbons (Fsp3) is 1.00. The Hall–Kier alpha value is -0.0100. The number of hydrogen-bond acceptors (Lipinski definition) is 10. The van der Waals surface area contributed by atoms with Gasteiger partial charge in [0.15, 0.2) is 0 Å². The van der Waals surface area contributed by atoms with Crippen molar-refractivity contribution in [1.82, 2.24) is 0 Å². The number of aliphatic hydroxyl groups excluding tert-OH is 7. The summed E-state index contributed by atoms with van der Waals surface area (Å²) in [6.07, 6.45) is -8.51. The maximum atomic E-state index is 10.2. The predicted molar refractivity (Wildman–Crippen MR) is 78.3 cm³/mol. The number of thioether (sulfide) groups is 1. The molecule has 10 atom stereocenters. The van der Waals surface area contributed by atoms with Crippen molar-refractivity contribution in [1.29, 1.82) is 0 Å². The van der Waals surface area contributed by atoms with Crippen LogP contribution < -0.4 is 0 Å². The minimum Gasteiger partial charge on any atom is -0.394 e. The fourth-order valence-electron chi connectivity index (χ4n) is 2.70. The van der Waals surface area contributed by atoms with Crippen molar-refractivity contribution in [2.45, 2.75) is 60.5 Å². The van der Waals surface area contributed by atoms with Crippen LogP contribution in [0.3, 0.4) is 0 Å². The molecule has 136 valence electrons. The van der Waals surface area contributed by atoms with Gasteiger partial charge in [0.1, 0.15) is 41.4 Å². The van der Waals surface area contributed by atoms with E-state index in [9.17, 15) is 30.6 Å². The van der Waals surface area contributed by atoms with Crippen molar-refractivity contribution in [3.63, 3.8) is 0 Å². The number of aliphatic hydroxyl groups is 7. The summed E-state index contributed by atoms with van der Waals surface area (Å²) >= 11 is 0.859. The van der Waals surface area contributed by atoms with Gasteiger partial charge in [-0.1, -0.05) is 18.7 Å². The highest BCUT2D eigenvalue weighted by molar-refractivity contribution is 8.00. The van der Waals surface area contributed by atoms with Gasteiger partial charge in [0, 0.05) is 5.92 Å². The molecule has 2 aliphatic heterocycles. The summed E-state index contributed by atoms with van der Waals surface area (Å²) < 4.78 is 10.8. The molecule has 2 saturated heterocycles. The summed E-state index contributed by atoms with van der Waals surface area (Å²) in [6.45, 7) is 0.607. The Bertz CT molecular complexity index is 348. The van der Waals surface area contributed by atoms with E-state index in [4.69, 9.17) is 14.6 Å². The van der Waals surface area contributed by atoms with E-state index < -0.39 is 72.7 Å². The Kier molecular flexibility index (Phi) is 6.65. The first-order valence-corrected chi connectivity index (χ1v) is 8.34. The van der Waals surface area contributed by atoms with E-state index in [1.54, 1.807) is 6.92 Å². The molecule has 0 radical (unpaired) electrons. The zero-order valence-electron chi connectivity index (χ0n) is 12.5. The van der Waals surface area contributed by atoms with Gasteiger partial charge < -0.3 is 45.2 Å². The van der Waals surface area contributed by atoms with E-state index in [-0.39, 0.29) is 0 Å². The van der Waals surface area contributed by atoms with Crippen LogP contribution in [0.4, 0.5) is 0 Å². The molecule has 0 aromatic carbocycles. The van der Waals surface area contributed by atoms with Crippen LogP contribution in [0.15, 0.2) is 0 Å². The van der Waals surface area contributed by atoms with E-state index in [1.807, 2.05) is 0 Å². The van der Waals surface area contributed by atoms with E-state index in [0.29, 0.717) is 0 Å². The van der Waals surface area contributed by atoms with Crippen LogP contribution in [0.25, 0.3) is 0 Å². The highest BCUT2D eigenvalue weighted by Crippen LogP contribution is 2.37. The predicted octanol–water partition coefficient (Wildman–Crippen LogP) is -3.41. The Morgan fingerprint density at radius 1 is 0.696 bits per heavy atom. The molecule has 1 unspecified atom stereocenters. The Balaban J connectivity index is 2.07. The molecule has 2 fully saturated rings. The second kappa shape index (κ2) is 7.91. The quantitative estimate of drug-likeness (QED) is 0.270. The molecular weight excluding hydrogens is 332 g/mol. The van der Waals surface area contributed by atoms with Crippen molar-refractivity contribution < 1.29 is 45.2 Å². The molecule has 2 rings (SSSR count). The molecule has 0 saturated carbocycles. The maximum absolute atomic E-state index is 10.2. The van der Waals surface area contributed by atoms with Crippen molar-refractivity contribution in [3.05, 3.63) is 0 Å². The first-order chi connectivity index (χ1) is 10.8. The molecule has 0 spiro atoms. The van der Waals surface area contributed by atoms with E-state index in [1.165, 1.54) is 0 Å². The topological polar surface area (TPSA) is 160 Å². The van der Waals surface area contributed by atoms with Gasteiger partial charge in [0.25, 0.3) is 0 Å². The Morgan fingerprint density at radius 2 is 1.17 bits per heavy atom. The monoisotopic (exact) mass is 356 g/mol. The van der Waals surface area contributed by atoms with Crippen LogP contribution in [-0.2, 0) is 9.47 Å². The largest absolute Gasteiger partial charge is 0.394 e. The molecular formula is C13H24O9S. The van der Waals surface area contributed by atoms with E-state index >= 15 is 0 Å². The SMILES string of the molecule is C[C@H]1[C@@H](O)[C@@H](CO)OC(S[C@@H]2O[C@H](CO)[C@H](O)[C@H](O)[C@H]2O)[C@@H]1O. The van der Waals surface area contributed by atoms with Gasteiger partial charge in [-0.15, -0.1) is 0 Å². The first kappa shape index (κ1) is 19.3. The van der Waals surface area contributed by atoms with Gasteiger partial charge in [0.05, 0.1) is 25.4 Å². The molecule has 2 aliphatic rings. The van der Waals surface area contributed by atoms with Crippen LogP contribution in [0.2, 0.25) is 0 Å². The lowest BCUT2D eigenvalue weighted by Gasteiger charge is -2.44. The standard InChI is InChI=1S/C13H24O9S/c1-4-7(16)5(2-14)21-12(8(4)17)23-13-11(20)10(19)9(18)6(3-15)22-13/h4-20H,2-3H2,1H3/t4-,5+,6+,7+,8+,9-,10-,11+,12?,13-/m0/s1. The molecule has 0 bridgehead atoms. The molecule has 9 nitrogen and oxygen atoms in total. The van der Waals surface area contributed by atoms with Gasteiger partial charge in [-0.3, -0.25) is 0 Å². The van der Waals surface area contributed by atoms with Crippen molar-refractivity contribution in [3.8, 4) is 0 Å². The summed E-state index contributed by atoms with van der Waals surface area (Å²) in [5.74, 6) is -0.580. The van der Waals surface area contributed by atoms with E-state index in [2.05, 4.69) is 0 Å². The fourth-order valence-corrected chi connectivity index (χ4v) is 4.11. The number of rotatable bonds is 4. The summed E-state index contributed by atoms with van der Waals surface area (Å²) in [5, 5.41) is 68.0. The zero-order chi connectivity index (χ0) is 17.3. The van der Waals surface area contributed by atoms with Crippen molar-refractivity contribution in [2.24, 2.45) is 5.92 Å². The summed E-state index contributed by atoms with van der Waals surface area (Å²) in [6, 6.07) is 0. The van der Waals surface area contributed by atoms with Crippen LogP contribution in [0, 0.1) is 5.92 Å². The van der Waals surface area contributed by atoms with Gasteiger partial charge in [0.2, 0.25) is 0 Å². The summed E-state index contributed by atoms with van der Waals surface area (Å²) in [7, 11) is 0. The van der Waals surface area contributed by atoms with Crippen molar-refractivity contribution >= 4 is 11.8 Å². The van der Waals surface area contributed by atoms with Gasteiger partial charge in [-0.05, 0) is 0 Å². The Morgan fingerprint density at radius 3 is 1.70 bits per heavy atom. The molecule has 0 amide bonds. The third kappa shape index (κ3) is 3.82. The second-order valence-electron chi connectivity index (χ2n) is 5.90. The Labute approximate surface area is 137 Å². The third-order valence-corrected chi connectivity index (χ3v) is 5.66. The lowest BCUT2D eigenvalue weighted by molar-refractivity contribution is -0.208. The minimum atomic E-state index is -1.52. The number of hydrogen-bond donors (Lipinski definition) is 7. The average Bonchev–Trinajstić information content (AvgIpc) is 2.55. The minimum absolute atomic E-state index is 0.441. The molecule has 10 heteroatoms. The summed E-state index contributed by atoms with van der Waals surface area (Å²) in [4.78, 5) is 0. The molecule has 0 aromatic rings. The van der Waals surface area contributed by atoms with Gasteiger partial charge >= 0.3 is 0 Å².